The lowest BCUT2D eigenvalue weighted by Crippen LogP contribution is -2.62. The lowest BCUT2D eigenvalue weighted by atomic mass is 9.85. The first-order valence-electron chi connectivity index (χ1n) is 43.4. The number of aliphatic hydroxyl groups excluding tert-OH is 2. The number of nitrogens with two attached hydrogens (primary N) is 5. The van der Waals surface area contributed by atoms with Crippen molar-refractivity contribution in [3.63, 3.8) is 0 Å². The summed E-state index contributed by atoms with van der Waals surface area (Å²) in [6, 6.07) is 4.35. The van der Waals surface area contributed by atoms with Crippen molar-refractivity contribution >= 4 is 143 Å². The number of rotatable bonds is 41. The number of fused-ring (bicyclic) bond motifs is 1. The van der Waals surface area contributed by atoms with Crippen molar-refractivity contribution in [2.75, 3.05) is 68.5 Å². The van der Waals surface area contributed by atoms with Crippen LogP contribution in [0.3, 0.4) is 0 Å². The number of primary sulfonamides is 1. The van der Waals surface area contributed by atoms with Gasteiger partial charge in [-0.1, -0.05) is 111 Å². The van der Waals surface area contributed by atoms with Crippen molar-refractivity contribution in [3.05, 3.63) is 95.8 Å². The van der Waals surface area contributed by atoms with E-state index in [0.29, 0.717) is 54.2 Å². The SMILES string of the molecule is Cc1ccc(N(C(=O)OCC2(SSCC(=O)NCC[C@H](NC(=O)CCCCCC(C)C)C(=O)N[C@H](C(=O)N[C@H](CCN)C(=O)N[C@H]3CCNC(=O)[C@@H]([C@@H](C)O)NC(=O)[C@@H](CCN)NC(=O)[C@@H](CCN)NC(=O)[C@@H](CC(C)C)NC(=O)[C@@H](Cc4ccccc4)NC(=O)[C@@H](CCN)NC3=O)[C@@H](C)O)CCC2)c2nccc(N(C)c3ccc4c(C)n(C)nc4c3)n2)cc1S(N)(=O)=O. The molecule has 710 valence electrons. The predicted octanol–water partition coefficient (Wildman–Crippen LogP) is -0.0995. The fraction of sp³-hybridized carbons (Fsp3) is 0.576. The first-order chi connectivity index (χ1) is 61.2. The van der Waals surface area contributed by atoms with Gasteiger partial charge in [0.05, 0.1) is 38.8 Å². The summed E-state index contributed by atoms with van der Waals surface area (Å²) >= 11 is 0. The Balaban J connectivity index is 1.07. The van der Waals surface area contributed by atoms with E-state index in [-0.39, 0.29) is 119 Å². The third kappa shape index (κ3) is 32.1. The van der Waals surface area contributed by atoms with E-state index in [1.165, 1.54) is 59.8 Å². The van der Waals surface area contributed by atoms with E-state index in [9.17, 15) is 81.0 Å². The minimum atomic E-state index is -4.29. The molecule has 129 heavy (non-hydrogen) atoms. The molecule has 5 aromatic rings. The zero-order valence-electron chi connectivity index (χ0n) is 74.8. The summed E-state index contributed by atoms with van der Waals surface area (Å²) in [4.78, 5) is 198. The number of hydrogen-bond donors (Lipinski definition) is 19. The molecular formula is C85H129N23O18S3. The van der Waals surface area contributed by atoms with Crippen molar-refractivity contribution in [1.82, 2.24) is 83.5 Å². The van der Waals surface area contributed by atoms with Crippen LogP contribution in [0.2, 0.25) is 0 Å². The van der Waals surface area contributed by atoms with E-state index in [2.05, 4.69) is 87.7 Å². The highest BCUT2D eigenvalue weighted by atomic mass is 33.1. The van der Waals surface area contributed by atoms with Gasteiger partial charge in [-0.05, 0) is 177 Å². The normalized spacial score (nSPS) is 19.8. The number of anilines is 4. The van der Waals surface area contributed by atoms with Gasteiger partial charge in [-0.2, -0.15) is 10.1 Å². The van der Waals surface area contributed by atoms with Gasteiger partial charge in [0.15, 0.2) is 0 Å². The Kier molecular flexibility index (Phi) is 41.7. The molecule has 12 atom stereocenters. The Morgan fingerprint density at radius 1 is 0.659 bits per heavy atom. The summed E-state index contributed by atoms with van der Waals surface area (Å²) in [7, 11) is 1.81. The quantitative estimate of drug-likeness (QED) is 0.0179. The Morgan fingerprint density at radius 2 is 1.26 bits per heavy atom. The second-order valence-electron chi connectivity index (χ2n) is 33.3. The molecule has 3 aromatic carbocycles. The molecular weight excluding hydrogens is 1730 g/mol. The number of sulfonamides is 1. The number of carbonyl (C=O) groups is 13. The van der Waals surface area contributed by atoms with Crippen molar-refractivity contribution < 1.29 is 85.7 Å². The van der Waals surface area contributed by atoms with E-state index < -0.39 is 177 Å². The monoisotopic (exact) mass is 1860 g/mol. The predicted molar refractivity (Wildman–Crippen MR) is 488 cm³/mol. The largest absolute Gasteiger partial charge is 0.447 e. The first-order valence-corrected chi connectivity index (χ1v) is 47.3. The van der Waals surface area contributed by atoms with E-state index in [1.54, 1.807) is 73.8 Å². The third-order valence-corrected chi connectivity index (χ3v) is 26.1. The summed E-state index contributed by atoms with van der Waals surface area (Å²) in [5.74, 6) is -10.7. The highest BCUT2D eigenvalue weighted by Gasteiger charge is 2.43. The van der Waals surface area contributed by atoms with Gasteiger partial charge in [-0.15, -0.1) is 0 Å². The van der Waals surface area contributed by atoms with Crippen LogP contribution in [0.5, 0.6) is 0 Å². The van der Waals surface area contributed by atoms with Gasteiger partial charge in [0.2, 0.25) is 86.9 Å². The van der Waals surface area contributed by atoms with E-state index in [4.69, 9.17) is 37.8 Å². The Bertz CT molecular complexity index is 4790. The molecule has 2 aromatic heterocycles. The topological polar surface area (TPSA) is 630 Å². The van der Waals surface area contributed by atoms with Crippen LogP contribution in [0.25, 0.3) is 10.9 Å². The molecule has 41 nitrogen and oxygen atoms in total. The smallest absolute Gasteiger partial charge is 0.421 e. The molecule has 1 aliphatic heterocycles. The molecule has 1 saturated heterocycles. The number of ether oxygens (including phenoxy) is 1. The van der Waals surface area contributed by atoms with Gasteiger partial charge in [-0.3, -0.25) is 62.2 Å². The number of hydrogen-bond acceptors (Lipinski definition) is 28. The molecule has 1 saturated carbocycles. The molecule has 0 radical (unpaired) electrons. The average molecular weight is 1860 g/mol. The number of carbonyl (C=O) groups excluding carboxylic acids is 13. The summed E-state index contributed by atoms with van der Waals surface area (Å²) in [6.45, 7) is 11.8. The fourth-order valence-corrected chi connectivity index (χ4v) is 18.1. The molecule has 1 aliphatic carbocycles. The number of benzene rings is 3. The number of amides is 13. The Morgan fingerprint density at radius 3 is 1.86 bits per heavy atom. The second kappa shape index (κ2) is 51.0. The number of aromatic nitrogens is 4. The van der Waals surface area contributed by atoms with Crippen LogP contribution in [0, 0.1) is 25.7 Å². The van der Waals surface area contributed by atoms with Crippen LogP contribution in [-0.4, -0.2) is 251 Å². The number of nitrogens with one attached hydrogen (secondary N) is 12. The number of aliphatic hydroxyl groups is 2. The van der Waals surface area contributed by atoms with Gasteiger partial charge in [0.1, 0.15) is 72.8 Å². The van der Waals surface area contributed by atoms with Gasteiger partial charge in [0.25, 0.3) is 0 Å². The molecule has 0 unspecified atom stereocenters. The van der Waals surface area contributed by atoms with Crippen LogP contribution in [-0.2, 0) is 85.8 Å². The first kappa shape index (κ1) is 105. The van der Waals surface area contributed by atoms with Crippen molar-refractivity contribution in [2.24, 2.45) is 47.0 Å². The van der Waals surface area contributed by atoms with E-state index in [0.717, 1.165) is 40.8 Å². The number of unbranched alkanes of at least 4 members (excludes halogenated alkanes) is 2. The molecule has 24 N–H and O–H groups in total. The summed E-state index contributed by atoms with van der Waals surface area (Å²) < 4.78 is 32.9. The maximum absolute atomic E-state index is 14.9. The molecule has 44 heteroatoms. The van der Waals surface area contributed by atoms with Crippen LogP contribution >= 0.6 is 21.6 Å². The lowest BCUT2D eigenvalue weighted by Gasteiger charge is -2.40. The molecule has 2 aliphatic rings. The summed E-state index contributed by atoms with van der Waals surface area (Å²) in [5.41, 5.74) is 27.2. The van der Waals surface area contributed by atoms with Crippen LogP contribution in [0.15, 0.2) is 83.9 Å². The Labute approximate surface area is 759 Å². The van der Waals surface area contributed by atoms with Crippen molar-refractivity contribution in [1.29, 1.82) is 0 Å². The number of aryl methyl sites for hydroxylation is 3. The zero-order valence-corrected chi connectivity index (χ0v) is 77.2. The summed E-state index contributed by atoms with van der Waals surface area (Å²) in [5, 5.41) is 64.5. The zero-order chi connectivity index (χ0) is 95.0. The molecule has 0 bridgehead atoms. The Hall–Kier alpha value is -10.7. The lowest BCUT2D eigenvalue weighted by molar-refractivity contribution is -0.137. The van der Waals surface area contributed by atoms with E-state index >= 15 is 0 Å². The highest BCUT2D eigenvalue weighted by molar-refractivity contribution is 8.77. The van der Waals surface area contributed by atoms with E-state index in [1.807, 2.05) is 32.2 Å². The minimum absolute atomic E-state index is 0.000813. The van der Waals surface area contributed by atoms with Crippen LogP contribution < -0.4 is 102 Å². The summed E-state index contributed by atoms with van der Waals surface area (Å²) in [6.07, 6.45) is 0.0176. The molecule has 2 fully saturated rings. The highest BCUT2D eigenvalue weighted by Crippen LogP contribution is 2.50. The molecule has 7 rings (SSSR count). The van der Waals surface area contributed by atoms with Crippen molar-refractivity contribution in [3.8, 4) is 0 Å². The van der Waals surface area contributed by atoms with Crippen LogP contribution in [0.4, 0.5) is 27.9 Å². The maximum Gasteiger partial charge on any atom is 0.421 e. The number of nitrogens with zero attached hydrogens (tertiary/aromatic N) is 6. The molecule has 3 heterocycles. The van der Waals surface area contributed by atoms with Gasteiger partial charge in [0, 0.05) is 63.0 Å². The third-order valence-electron chi connectivity index (χ3n) is 21.9. The fourth-order valence-electron chi connectivity index (χ4n) is 14.3. The van der Waals surface area contributed by atoms with Crippen LogP contribution in [0.1, 0.15) is 155 Å². The molecule has 13 amide bonds. The molecule has 0 spiro atoms. The second-order valence-corrected chi connectivity index (χ2v) is 37.6. The van der Waals surface area contributed by atoms with Gasteiger partial charge < -0.3 is 107 Å². The average Bonchev–Trinajstić information content (AvgIpc) is 1.16. The standard InChI is InChI=1S/C85H129N23O18S3/c1-48(2)18-13-11-16-21-69(111)94-62(30-39-91-70(112)46-127-128-85(33-17-34-85)47-126-84(123)108(56-23-22-50(5)67(45-56)129(90,124)125)83-93-41-32-68(102-83)106(9)55-24-25-57-51(6)107(10)105-64(57)44-55)78(118)104-72(53(8)110)82(122)99-60(28-37-88)74(114)98-63-31-40-92-81(121)71(52(7)109)103-77(117)61(29-38-89)96-73(113)58(26-35-86)97-79(119)65(42-49(3)4)100-80(120)66(43-54-19-14-12-15-20-54)101-75(115)59(27-36-87)95-76(63)116/h12,14-15,19-20,22-25,32,41,44-45,48-49,52-53,58-63,65-66,71-72,109-110H,11,13,16-18,21,26-31,33-40,42-43,46-47,86-89H2,1-10H3,(H,91,112)(H,92,121)(H,94,111)(H,95,116)(H,96,113)(H,97,119)(H,98,114)(H,99,122)(H,100,120)(H,101,115)(H,103,117)(H,104,118)(H2,90,124,125)/t52-,53-,58-,59-,60-,61-,62+,63+,65-,66-,71-,72+/m1/s1. The maximum atomic E-state index is 14.9. The van der Waals surface area contributed by atoms with Gasteiger partial charge in [-0.25, -0.2) is 28.2 Å². The van der Waals surface area contributed by atoms with Gasteiger partial charge >= 0.3 is 6.09 Å². The minimum Gasteiger partial charge on any atom is -0.447 e. The van der Waals surface area contributed by atoms with Crippen molar-refractivity contribution in [2.45, 2.75) is 240 Å².